The number of rotatable bonds is 2. The van der Waals surface area contributed by atoms with Crippen LogP contribution >= 0.6 is 34.5 Å². The zero-order valence-corrected chi connectivity index (χ0v) is 12.1. The van der Waals surface area contributed by atoms with Crippen LogP contribution in [-0.2, 0) is 0 Å². The largest absolute Gasteiger partial charge is 0.318 e. The van der Waals surface area contributed by atoms with E-state index in [-0.39, 0.29) is 9.47 Å². The van der Waals surface area contributed by atoms with Gasteiger partial charge in [0.15, 0.2) is 0 Å². The summed E-state index contributed by atoms with van der Waals surface area (Å²) in [4.78, 5) is 16.3. The highest BCUT2D eigenvalue weighted by molar-refractivity contribution is 7.17. The molecule has 3 aromatic rings. The number of hydrogen-bond acceptors (Lipinski definition) is 5. The Balaban J connectivity index is 2.00. The minimum Gasteiger partial charge on any atom is -0.318 e. The highest BCUT2D eigenvalue weighted by Gasteiger charge is 2.14. The molecule has 0 radical (unpaired) electrons. The van der Waals surface area contributed by atoms with Gasteiger partial charge in [0, 0.05) is 16.6 Å². The monoisotopic (exact) mass is 324 g/mol. The number of nitrogens with one attached hydrogen (secondary N) is 1. The molecule has 0 unspecified atom stereocenters. The van der Waals surface area contributed by atoms with Crippen LogP contribution in [0.5, 0.6) is 0 Å². The van der Waals surface area contributed by atoms with Crippen LogP contribution in [0.2, 0.25) is 9.49 Å². The second-order valence-electron chi connectivity index (χ2n) is 3.84. The fourth-order valence-electron chi connectivity index (χ4n) is 1.72. The molecule has 100 valence electrons. The molecular formula is C12H6Cl2N4OS. The zero-order valence-electron chi connectivity index (χ0n) is 9.80. The Bertz CT molecular complexity index is 805. The van der Waals surface area contributed by atoms with Crippen molar-refractivity contribution >= 4 is 57.0 Å². The third-order valence-corrected chi connectivity index (χ3v) is 3.75. The second-order valence-corrected chi connectivity index (χ2v) is 5.84. The van der Waals surface area contributed by atoms with Gasteiger partial charge in [0.2, 0.25) is 9.47 Å². The number of nitrogens with zero attached hydrogens (tertiary/aromatic N) is 3. The molecule has 0 atom stereocenters. The van der Waals surface area contributed by atoms with E-state index < -0.39 is 5.91 Å². The van der Waals surface area contributed by atoms with Crippen LogP contribution in [0.25, 0.3) is 10.9 Å². The first kappa shape index (κ1) is 13.2. The molecule has 5 nitrogen and oxygen atoms in total. The van der Waals surface area contributed by atoms with Crippen LogP contribution < -0.4 is 5.32 Å². The van der Waals surface area contributed by atoms with Gasteiger partial charge in [-0.2, -0.15) is 0 Å². The van der Waals surface area contributed by atoms with Crippen LogP contribution in [0.1, 0.15) is 9.80 Å². The van der Waals surface area contributed by atoms with Crippen molar-refractivity contribution in [2.24, 2.45) is 0 Å². The van der Waals surface area contributed by atoms with E-state index in [1.54, 1.807) is 24.4 Å². The number of amides is 1. The second kappa shape index (κ2) is 5.32. The molecule has 8 heteroatoms. The Morgan fingerprint density at radius 2 is 2.10 bits per heavy atom. The number of aromatic nitrogens is 3. The van der Waals surface area contributed by atoms with Gasteiger partial charge in [0.1, 0.15) is 0 Å². The van der Waals surface area contributed by atoms with E-state index in [0.29, 0.717) is 16.2 Å². The highest BCUT2D eigenvalue weighted by atomic mass is 35.5. The summed E-state index contributed by atoms with van der Waals surface area (Å²) in [7, 11) is 0. The predicted octanol–water partition coefficient (Wildman–Crippen LogP) is 3.65. The van der Waals surface area contributed by atoms with Gasteiger partial charge < -0.3 is 5.32 Å². The minimum atomic E-state index is -0.399. The fourth-order valence-corrected chi connectivity index (χ4v) is 2.67. The molecule has 20 heavy (non-hydrogen) atoms. The van der Waals surface area contributed by atoms with Gasteiger partial charge in [-0.25, -0.2) is 0 Å². The first-order valence-electron chi connectivity index (χ1n) is 5.48. The van der Waals surface area contributed by atoms with Crippen LogP contribution in [-0.4, -0.2) is 21.1 Å². The topological polar surface area (TPSA) is 67.8 Å². The summed E-state index contributed by atoms with van der Waals surface area (Å²) in [6, 6.07) is 7.08. The summed E-state index contributed by atoms with van der Waals surface area (Å²) in [5.41, 5.74) is 1.17. The Kier molecular flexibility index (Phi) is 3.52. The molecule has 2 aromatic heterocycles. The van der Waals surface area contributed by atoms with Gasteiger partial charge in [-0.1, -0.05) is 29.0 Å². The van der Waals surface area contributed by atoms with E-state index in [1.807, 2.05) is 6.07 Å². The summed E-state index contributed by atoms with van der Waals surface area (Å²) in [6.45, 7) is 0. The highest BCUT2D eigenvalue weighted by Crippen LogP contribution is 2.27. The van der Waals surface area contributed by atoms with E-state index in [2.05, 4.69) is 20.5 Å². The molecule has 0 aliphatic rings. The number of carbonyl (C=O) groups excluding carboxylic acids is 1. The number of benzene rings is 1. The average Bonchev–Trinajstić information content (AvgIpc) is 2.85. The van der Waals surface area contributed by atoms with E-state index in [4.69, 9.17) is 23.2 Å². The Hall–Kier alpha value is -1.76. The molecule has 1 N–H and O–H groups in total. The summed E-state index contributed by atoms with van der Waals surface area (Å²) in [6.07, 6.45) is 1.65. The lowest BCUT2D eigenvalue weighted by Crippen LogP contribution is -2.12. The third kappa shape index (κ3) is 2.58. The van der Waals surface area contributed by atoms with Crippen LogP contribution in [0.3, 0.4) is 0 Å². The van der Waals surface area contributed by atoms with Crippen molar-refractivity contribution < 1.29 is 4.79 Å². The van der Waals surface area contributed by atoms with Crippen molar-refractivity contribution in [2.45, 2.75) is 0 Å². The molecule has 1 amide bonds. The Morgan fingerprint density at radius 1 is 1.25 bits per heavy atom. The fraction of sp³-hybridized carbons (Fsp3) is 0. The van der Waals surface area contributed by atoms with Crippen molar-refractivity contribution in [1.82, 2.24) is 15.2 Å². The maximum Gasteiger partial charge on any atom is 0.286 e. The number of hydrogen-bond donors (Lipinski definition) is 1. The molecule has 0 saturated heterocycles. The molecule has 0 bridgehead atoms. The van der Waals surface area contributed by atoms with Gasteiger partial charge in [0.25, 0.3) is 5.91 Å². The number of carbonyl (C=O) groups is 1. The maximum absolute atomic E-state index is 12.0. The molecule has 1 aromatic carbocycles. The van der Waals surface area contributed by atoms with E-state index in [0.717, 1.165) is 16.7 Å². The summed E-state index contributed by atoms with van der Waals surface area (Å²) >= 11 is 12.7. The summed E-state index contributed by atoms with van der Waals surface area (Å²) in [5, 5.41) is 11.5. The molecular weight excluding hydrogens is 319 g/mol. The number of pyridine rings is 1. The lowest BCUT2D eigenvalue weighted by atomic mass is 10.2. The maximum atomic E-state index is 12.0. The van der Waals surface area contributed by atoms with Crippen molar-refractivity contribution in [2.75, 3.05) is 5.32 Å². The van der Waals surface area contributed by atoms with Gasteiger partial charge in [-0.05, 0) is 29.8 Å². The molecule has 3 rings (SSSR count). The van der Waals surface area contributed by atoms with Gasteiger partial charge in [-0.3, -0.25) is 9.78 Å². The SMILES string of the molecule is O=C(Nc1cc(Cl)cc2cccnc12)c1nnc(Cl)s1. The first-order valence-corrected chi connectivity index (χ1v) is 7.05. The summed E-state index contributed by atoms with van der Waals surface area (Å²) < 4.78 is 0.212. The molecule has 0 saturated carbocycles. The van der Waals surface area contributed by atoms with Crippen LogP contribution in [0, 0.1) is 0 Å². The smallest absolute Gasteiger partial charge is 0.286 e. The van der Waals surface area contributed by atoms with Crippen molar-refractivity contribution in [3.8, 4) is 0 Å². The Morgan fingerprint density at radius 3 is 2.85 bits per heavy atom. The molecule has 2 heterocycles. The average molecular weight is 325 g/mol. The quantitative estimate of drug-likeness (QED) is 0.781. The number of halogens is 2. The van der Waals surface area contributed by atoms with Gasteiger partial charge in [-0.15, -0.1) is 10.2 Å². The predicted molar refractivity (Wildman–Crippen MR) is 79.6 cm³/mol. The van der Waals surface area contributed by atoms with Crippen LogP contribution in [0.4, 0.5) is 5.69 Å². The molecule has 0 fully saturated rings. The third-order valence-electron chi connectivity index (χ3n) is 2.51. The first-order chi connectivity index (χ1) is 9.63. The molecule has 0 aliphatic heterocycles. The van der Waals surface area contributed by atoms with E-state index in [1.165, 1.54) is 0 Å². The number of anilines is 1. The van der Waals surface area contributed by atoms with Crippen molar-refractivity contribution in [1.29, 1.82) is 0 Å². The van der Waals surface area contributed by atoms with Crippen molar-refractivity contribution in [3.63, 3.8) is 0 Å². The lowest BCUT2D eigenvalue weighted by molar-refractivity contribution is 0.102. The zero-order chi connectivity index (χ0) is 14.1. The van der Waals surface area contributed by atoms with Crippen LogP contribution in [0.15, 0.2) is 30.5 Å². The van der Waals surface area contributed by atoms with E-state index in [9.17, 15) is 4.79 Å². The minimum absolute atomic E-state index is 0.180. The van der Waals surface area contributed by atoms with E-state index >= 15 is 0 Å². The Labute approximate surface area is 127 Å². The standard InChI is InChI=1S/C12H6Cl2N4OS/c13-7-4-6-2-1-3-15-9(6)8(5-7)16-10(19)11-17-18-12(14)20-11/h1-5H,(H,16,19). The lowest BCUT2D eigenvalue weighted by Gasteiger charge is -2.07. The summed E-state index contributed by atoms with van der Waals surface area (Å²) in [5.74, 6) is -0.399. The number of fused-ring (bicyclic) bond motifs is 1. The molecule has 0 aliphatic carbocycles. The molecule has 0 spiro atoms. The van der Waals surface area contributed by atoms with Gasteiger partial charge >= 0.3 is 0 Å². The van der Waals surface area contributed by atoms with Crippen molar-refractivity contribution in [3.05, 3.63) is 45.0 Å². The van der Waals surface area contributed by atoms with Gasteiger partial charge in [0.05, 0.1) is 11.2 Å². The normalized spacial score (nSPS) is 10.7.